The van der Waals surface area contributed by atoms with E-state index in [2.05, 4.69) is 10.1 Å². The summed E-state index contributed by atoms with van der Waals surface area (Å²) in [7, 11) is 1.21. The highest BCUT2D eigenvalue weighted by Crippen LogP contribution is 2.23. The van der Waals surface area contributed by atoms with Gasteiger partial charge >= 0.3 is 12.1 Å². The summed E-state index contributed by atoms with van der Waals surface area (Å²) in [5.41, 5.74) is 0.578. The van der Waals surface area contributed by atoms with Crippen LogP contribution in [0.4, 0.5) is 4.79 Å². The Balaban J connectivity index is 2.26. The molecule has 1 aliphatic rings. The van der Waals surface area contributed by atoms with Gasteiger partial charge in [0.25, 0.3) is 5.91 Å². The Morgan fingerprint density at radius 3 is 2.59 bits per heavy atom. The molecule has 2 atom stereocenters. The molecule has 0 bridgehead atoms. The molecule has 2 amide bonds. The first-order chi connectivity index (χ1) is 10.5. The number of carboxylic acid groups (broad SMARTS) is 1. The highest BCUT2D eigenvalue weighted by atomic mass is 16.5. The summed E-state index contributed by atoms with van der Waals surface area (Å²) in [5, 5.41) is 11.7. The van der Waals surface area contributed by atoms with Crippen molar-refractivity contribution in [3.63, 3.8) is 0 Å². The maximum atomic E-state index is 12.7. The van der Waals surface area contributed by atoms with Gasteiger partial charge in [-0.3, -0.25) is 4.79 Å². The van der Waals surface area contributed by atoms with E-state index in [0.717, 1.165) is 0 Å². The minimum absolute atomic E-state index is 0.363. The highest BCUT2D eigenvalue weighted by Gasteiger charge is 2.38. The number of ether oxygens (including phenoxy) is 1. The molecule has 0 saturated carbocycles. The number of likely N-dealkylation sites (tertiary alicyclic amines) is 1. The van der Waals surface area contributed by atoms with Crippen LogP contribution in [0.3, 0.4) is 0 Å². The second-order valence-electron chi connectivity index (χ2n) is 5.01. The largest absolute Gasteiger partial charge is 0.480 e. The quantitative estimate of drug-likeness (QED) is 0.870. The monoisotopic (exact) mass is 306 g/mol. The van der Waals surface area contributed by atoms with Gasteiger partial charge in [-0.2, -0.15) is 0 Å². The molecule has 1 aliphatic heterocycles. The Hall–Kier alpha value is -2.57. The van der Waals surface area contributed by atoms with E-state index in [9.17, 15) is 19.5 Å². The summed E-state index contributed by atoms with van der Waals surface area (Å²) >= 11 is 0. The molecule has 1 heterocycles. The minimum Gasteiger partial charge on any atom is -0.480 e. The first kappa shape index (κ1) is 15.8. The molecule has 0 spiro atoms. The fourth-order valence-corrected chi connectivity index (χ4v) is 2.56. The molecular weight excluding hydrogens is 288 g/mol. The lowest BCUT2D eigenvalue weighted by atomic mass is 10.1. The lowest BCUT2D eigenvalue weighted by Crippen LogP contribution is -2.47. The summed E-state index contributed by atoms with van der Waals surface area (Å²) in [5.74, 6) is -1.47. The molecule has 7 nitrogen and oxygen atoms in total. The van der Waals surface area contributed by atoms with E-state index in [-0.39, 0.29) is 0 Å². The number of benzene rings is 1. The van der Waals surface area contributed by atoms with E-state index in [4.69, 9.17) is 0 Å². The number of carbonyl (C=O) groups is 3. The smallest absolute Gasteiger partial charge is 0.407 e. The third-order valence-corrected chi connectivity index (χ3v) is 3.65. The van der Waals surface area contributed by atoms with E-state index in [1.807, 2.05) is 0 Å². The van der Waals surface area contributed by atoms with Crippen LogP contribution in [0.15, 0.2) is 30.3 Å². The standard InChI is InChI=1S/C15H18N2O5/c1-22-15(21)16-12(10-6-3-2-4-7-10)13(18)17-9-5-8-11(17)14(19)20/h2-4,6-7,11-12H,5,8-9H2,1H3,(H,16,21)(H,19,20)/t11-,12?/m0/s1. The third-order valence-electron chi connectivity index (χ3n) is 3.65. The van der Waals surface area contributed by atoms with E-state index in [0.29, 0.717) is 24.9 Å². The van der Waals surface area contributed by atoms with Gasteiger partial charge in [-0.1, -0.05) is 30.3 Å². The Kier molecular flexibility index (Phi) is 4.98. The molecule has 1 unspecified atom stereocenters. The van der Waals surface area contributed by atoms with Crippen LogP contribution in [-0.2, 0) is 14.3 Å². The van der Waals surface area contributed by atoms with Crippen molar-refractivity contribution in [2.75, 3.05) is 13.7 Å². The maximum Gasteiger partial charge on any atom is 0.407 e. The zero-order valence-corrected chi connectivity index (χ0v) is 12.2. The summed E-state index contributed by atoms with van der Waals surface area (Å²) in [6.45, 7) is 0.363. The first-order valence-electron chi connectivity index (χ1n) is 6.97. The Bertz CT molecular complexity index is 560. The van der Waals surface area contributed by atoms with Crippen molar-refractivity contribution in [3.8, 4) is 0 Å². The third kappa shape index (κ3) is 3.36. The molecular formula is C15H18N2O5. The second kappa shape index (κ2) is 6.93. The molecule has 7 heteroatoms. The van der Waals surface area contributed by atoms with Gasteiger partial charge in [-0.05, 0) is 18.4 Å². The van der Waals surface area contributed by atoms with Gasteiger partial charge in [0.1, 0.15) is 12.1 Å². The molecule has 1 aromatic carbocycles. The number of carbonyl (C=O) groups excluding carboxylic acids is 2. The van der Waals surface area contributed by atoms with Crippen LogP contribution in [0.1, 0.15) is 24.4 Å². The molecule has 0 aliphatic carbocycles. The van der Waals surface area contributed by atoms with Crippen molar-refractivity contribution in [3.05, 3.63) is 35.9 Å². The summed E-state index contributed by atoms with van der Waals surface area (Å²) in [6, 6.07) is 6.86. The molecule has 118 valence electrons. The normalized spacial score (nSPS) is 18.6. The van der Waals surface area contributed by atoms with Crippen molar-refractivity contribution in [1.82, 2.24) is 10.2 Å². The Morgan fingerprint density at radius 2 is 2.00 bits per heavy atom. The average Bonchev–Trinajstić information content (AvgIpc) is 3.02. The topological polar surface area (TPSA) is 95.9 Å². The summed E-state index contributed by atoms with van der Waals surface area (Å²) < 4.78 is 4.55. The van der Waals surface area contributed by atoms with Crippen molar-refractivity contribution in [2.45, 2.75) is 24.9 Å². The van der Waals surface area contributed by atoms with Crippen LogP contribution in [0.2, 0.25) is 0 Å². The van der Waals surface area contributed by atoms with Crippen LogP contribution >= 0.6 is 0 Å². The van der Waals surface area contributed by atoms with Crippen LogP contribution in [-0.4, -0.2) is 47.7 Å². The van der Waals surface area contributed by atoms with Crippen LogP contribution in [0, 0.1) is 0 Å². The highest BCUT2D eigenvalue weighted by molar-refractivity contribution is 5.90. The summed E-state index contributed by atoms with van der Waals surface area (Å²) in [4.78, 5) is 36.8. The van der Waals surface area contributed by atoms with Crippen molar-refractivity contribution in [1.29, 1.82) is 0 Å². The zero-order valence-electron chi connectivity index (χ0n) is 12.2. The first-order valence-corrected chi connectivity index (χ1v) is 6.97. The fraction of sp³-hybridized carbons (Fsp3) is 0.400. The lowest BCUT2D eigenvalue weighted by molar-refractivity contribution is -0.149. The number of carboxylic acids is 1. The average molecular weight is 306 g/mol. The molecule has 1 aromatic rings. The fourth-order valence-electron chi connectivity index (χ4n) is 2.56. The predicted octanol–water partition coefficient (Wildman–Crippen LogP) is 1.16. The van der Waals surface area contributed by atoms with Gasteiger partial charge in [0.05, 0.1) is 7.11 Å². The molecule has 0 aromatic heterocycles. The summed E-state index contributed by atoms with van der Waals surface area (Å²) in [6.07, 6.45) is 0.303. The lowest BCUT2D eigenvalue weighted by Gasteiger charge is -2.27. The number of methoxy groups -OCH3 is 1. The molecule has 22 heavy (non-hydrogen) atoms. The number of nitrogens with zero attached hydrogens (tertiary/aromatic N) is 1. The minimum atomic E-state index is -1.03. The number of rotatable bonds is 4. The second-order valence-corrected chi connectivity index (χ2v) is 5.01. The van der Waals surface area contributed by atoms with Gasteiger partial charge in [-0.25, -0.2) is 9.59 Å². The number of amides is 2. The van der Waals surface area contributed by atoms with Crippen molar-refractivity contribution >= 4 is 18.0 Å². The van der Waals surface area contributed by atoms with Gasteiger partial charge in [0, 0.05) is 6.54 Å². The van der Waals surface area contributed by atoms with Crippen LogP contribution in [0.25, 0.3) is 0 Å². The van der Waals surface area contributed by atoms with Gasteiger partial charge in [0.15, 0.2) is 0 Å². The van der Waals surface area contributed by atoms with E-state index < -0.39 is 30.1 Å². The molecule has 1 fully saturated rings. The van der Waals surface area contributed by atoms with E-state index in [1.165, 1.54) is 12.0 Å². The van der Waals surface area contributed by atoms with E-state index >= 15 is 0 Å². The van der Waals surface area contributed by atoms with Gasteiger partial charge in [0.2, 0.25) is 0 Å². The van der Waals surface area contributed by atoms with Crippen LogP contribution < -0.4 is 5.32 Å². The Labute approximate surface area is 127 Å². The molecule has 0 radical (unpaired) electrons. The number of hydrogen-bond donors (Lipinski definition) is 2. The van der Waals surface area contributed by atoms with Crippen molar-refractivity contribution < 1.29 is 24.2 Å². The number of aliphatic carboxylic acids is 1. The number of nitrogens with one attached hydrogen (secondary N) is 1. The zero-order chi connectivity index (χ0) is 16.1. The SMILES string of the molecule is COC(=O)NC(C(=O)N1CCC[C@H]1C(=O)O)c1ccccc1. The van der Waals surface area contributed by atoms with Crippen LogP contribution in [0.5, 0.6) is 0 Å². The van der Waals surface area contributed by atoms with Gasteiger partial charge < -0.3 is 20.1 Å². The van der Waals surface area contributed by atoms with Gasteiger partial charge in [-0.15, -0.1) is 0 Å². The Morgan fingerprint density at radius 1 is 1.32 bits per heavy atom. The molecule has 2 N–H and O–H groups in total. The van der Waals surface area contributed by atoms with Crippen molar-refractivity contribution in [2.24, 2.45) is 0 Å². The number of hydrogen-bond acceptors (Lipinski definition) is 4. The molecule has 1 saturated heterocycles. The maximum absolute atomic E-state index is 12.7. The molecule has 2 rings (SSSR count). The number of alkyl carbamates (subject to hydrolysis) is 1. The van der Waals surface area contributed by atoms with E-state index in [1.54, 1.807) is 30.3 Å². The predicted molar refractivity (Wildman–Crippen MR) is 77.1 cm³/mol.